The van der Waals surface area contributed by atoms with Crippen LogP contribution in [0.5, 0.6) is 0 Å². The van der Waals surface area contributed by atoms with Crippen LogP contribution in [0, 0.1) is 0 Å². The number of nitrogens with zero attached hydrogens (tertiary/aromatic N) is 1. The molecule has 0 unspecified atom stereocenters. The molecule has 0 saturated carbocycles. The predicted octanol–water partition coefficient (Wildman–Crippen LogP) is 2.63. The van der Waals surface area contributed by atoms with E-state index in [0.717, 1.165) is 0 Å². The summed E-state index contributed by atoms with van der Waals surface area (Å²) in [5, 5.41) is 0. The van der Waals surface area contributed by atoms with Crippen molar-refractivity contribution in [2.24, 2.45) is 0 Å². The Morgan fingerprint density at radius 1 is 1.42 bits per heavy atom. The van der Waals surface area contributed by atoms with Crippen LogP contribution in [-0.4, -0.2) is 14.6 Å². The van der Waals surface area contributed by atoms with Crippen molar-refractivity contribution in [3.63, 3.8) is 0 Å². The van der Waals surface area contributed by atoms with E-state index in [4.69, 9.17) is 34.8 Å². The fourth-order valence-corrected chi connectivity index (χ4v) is 0.988. The molecule has 1 aromatic heterocycles. The summed E-state index contributed by atoms with van der Waals surface area (Å²) < 4.78 is -1.90. The van der Waals surface area contributed by atoms with Crippen molar-refractivity contribution in [2.75, 3.05) is 0 Å². The van der Waals surface area contributed by atoms with E-state index in [2.05, 4.69) is 4.98 Å². The van der Waals surface area contributed by atoms with Crippen LogP contribution in [0.1, 0.15) is 10.4 Å². The zero-order valence-corrected chi connectivity index (χ0v) is 8.07. The van der Waals surface area contributed by atoms with E-state index in [9.17, 15) is 4.79 Å². The Bertz CT molecular complexity index is 280. The molecule has 0 aromatic carbocycles. The molecule has 2 nitrogen and oxygen atoms in total. The van der Waals surface area contributed by atoms with E-state index in [1.807, 2.05) is 0 Å². The standard InChI is InChI=1S/C7H4Cl3NO/c8-7(9,10)6(12)5-2-1-3-11-4-5/h1-4H. The molecule has 0 spiro atoms. The van der Waals surface area contributed by atoms with Crippen molar-refractivity contribution in [1.29, 1.82) is 0 Å². The smallest absolute Gasteiger partial charge is 0.253 e. The zero-order valence-electron chi connectivity index (χ0n) is 5.80. The minimum atomic E-state index is -1.90. The SMILES string of the molecule is O=C(c1cccnc1)C(Cl)(Cl)Cl. The van der Waals surface area contributed by atoms with Crippen molar-refractivity contribution < 1.29 is 4.79 Å². The van der Waals surface area contributed by atoms with E-state index in [1.54, 1.807) is 6.07 Å². The number of halogens is 3. The van der Waals surface area contributed by atoms with Crippen LogP contribution in [-0.2, 0) is 0 Å². The fourth-order valence-electron chi connectivity index (χ4n) is 0.661. The molecular weight excluding hydrogens is 220 g/mol. The van der Waals surface area contributed by atoms with Gasteiger partial charge in [0.2, 0.25) is 5.78 Å². The number of rotatable bonds is 1. The van der Waals surface area contributed by atoms with Gasteiger partial charge >= 0.3 is 0 Å². The Morgan fingerprint density at radius 2 is 2.08 bits per heavy atom. The van der Waals surface area contributed by atoms with Gasteiger partial charge in [0, 0.05) is 18.0 Å². The van der Waals surface area contributed by atoms with E-state index in [1.165, 1.54) is 18.5 Å². The molecule has 0 aliphatic rings. The summed E-state index contributed by atoms with van der Waals surface area (Å²) in [7, 11) is 0. The Kier molecular flexibility index (Phi) is 2.94. The number of carbonyl (C=O) groups is 1. The topological polar surface area (TPSA) is 30.0 Å². The number of ketones is 1. The molecule has 1 rings (SSSR count). The van der Waals surface area contributed by atoms with E-state index in [-0.39, 0.29) is 5.56 Å². The number of hydrogen-bond acceptors (Lipinski definition) is 2. The largest absolute Gasteiger partial charge is 0.289 e. The average Bonchev–Trinajstić information content (AvgIpc) is 2.03. The molecule has 5 heteroatoms. The highest BCUT2D eigenvalue weighted by Crippen LogP contribution is 2.29. The number of Topliss-reactive ketones (excluding diaryl/α,β-unsaturated/α-hetero) is 1. The summed E-state index contributed by atoms with van der Waals surface area (Å²) in [6, 6.07) is 3.14. The third-order valence-corrected chi connectivity index (χ3v) is 1.70. The number of alkyl halides is 3. The Balaban J connectivity index is 2.94. The maximum absolute atomic E-state index is 11.2. The summed E-state index contributed by atoms with van der Waals surface area (Å²) in [5.74, 6) is -0.569. The third-order valence-electron chi connectivity index (χ3n) is 1.18. The lowest BCUT2D eigenvalue weighted by Crippen LogP contribution is -2.18. The quantitative estimate of drug-likeness (QED) is 0.542. The lowest BCUT2D eigenvalue weighted by molar-refractivity contribution is 0.0996. The van der Waals surface area contributed by atoms with Crippen LogP contribution < -0.4 is 0 Å². The van der Waals surface area contributed by atoms with E-state index >= 15 is 0 Å². The number of carbonyl (C=O) groups excluding carboxylic acids is 1. The van der Waals surface area contributed by atoms with Gasteiger partial charge in [0.05, 0.1) is 0 Å². The molecule has 0 atom stereocenters. The van der Waals surface area contributed by atoms with Gasteiger partial charge in [-0.1, -0.05) is 34.8 Å². The van der Waals surface area contributed by atoms with Crippen LogP contribution >= 0.6 is 34.8 Å². The second-order valence-electron chi connectivity index (χ2n) is 2.07. The first kappa shape index (κ1) is 9.78. The van der Waals surface area contributed by atoms with Gasteiger partial charge in [0.15, 0.2) is 0 Å². The summed E-state index contributed by atoms with van der Waals surface area (Å²) in [5.41, 5.74) is 0.289. The molecule has 0 bridgehead atoms. The van der Waals surface area contributed by atoms with Crippen LogP contribution in [0.4, 0.5) is 0 Å². The molecule has 64 valence electrons. The van der Waals surface area contributed by atoms with Crippen LogP contribution in [0.3, 0.4) is 0 Å². The Hall–Kier alpha value is -0.310. The molecule has 0 radical (unpaired) electrons. The summed E-state index contributed by atoms with van der Waals surface area (Å²) >= 11 is 16.1. The van der Waals surface area contributed by atoms with Gasteiger partial charge in [-0.05, 0) is 12.1 Å². The fraction of sp³-hybridized carbons (Fsp3) is 0.143. The molecule has 12 heavy (non-hydrogen) atoms. The Morgan fingerprint density at radius 3 is 2.50 bits per heavy atom. The zero-order chi connectivity index (χ0) is 9.19. The van der Waals surface area contributed by atoms with Gasteiger partial charge in [0.25, 0.3) is 3.79 Å². The van der Waals surface area contributed by atoms with E-state index in [0.29, 0.717) is 0 Å². The van der Waals surface area contributed by atoms with Gasteiger partial charge in [-0.3, -0.25) is 9.78 Å². The maximum atomic E-state index is 11.2. The first-order valence-corrected chi connectivity index (χ1v) is 4.17. The van der Waals surface area contributed by atoms with Gasteiger partial charge in [-0.2, -0.15) is 0 Å². The highest BCUT2D eigenvalue weighted by molar-refractivity contribution is 6.77. The molecule has 1 heterocycles. The highest BCUT2D eigenvalue weighted by Gasteiger charge is 2.31. The van der Waals surface area contributed by atoms with Gasteiger partial charge in [-0.25, -0.2) is 0 Å². The van der Waals surface area contributed by atoms with Crippen molar-refractivity contribution in [3.05, 3.63) is 30.1 Å². The molecule has 0 N–H and O–H groups in total. The highest BCUT2D eigenvalue weighted by atomic mass is 35.6. The molecule has 0 fully saturated rings. The molecule has 1 aromatic rings. The molecule has 0 amide bonds. The van der Waals surface area contributed by atoms with Crippen LogP contribution in [0.25, 0.3) is 0 Å². The molecule has 0 aliphatic heterocycles. The lowest BCUT2D eigenvalue weighted by atomic mass is 10.2. The van der Waals surface area contributed by atoms with Crippen LogP contribution in [0.2, 0.25) is 0 Å². The van der Waals surface area contributed by atoms with Crippen molar-refractivity contribution >= 4 is 40.6 Å². The van der Waals surface area contributed by atoms with Crippen molar-refractivity contribution in [2.45, 2.75) is 3.79 Å². The third kappa shape index (κ3) is 2.34. The monoisotopic (exact) mass is 223 g/mol. The summed E-state index contributed by atoms with van der Waals surface area (Å²) in [6.07, 6.45) is 2.89. The summed E-state index contributed by atoms with van der Waals surface area (Å²) in [6.45, 7) is 0. The lowest BCUT2D eigenvalue weighted by Gasteiger charge is -2.07. The normalized spacial score (nSPS) is 11.2. The van der Waals surface area contributed by atoms with Gasteiger partial charge in [0.1, 0.15) is 0 Å². The van der Waals surface area contributed by atoms with Crippen molar-refractivity contribution in [3.8, 4) is 0 Å². The Labute approximate surface area is 84.5 Å². The average molecular weight is 224 g/mol. The predicted molar refractivity (Wildman–Crippen MR) is 48.9 cm³/mol. The second-order valence-corrected chi connectivity index (χ2v) is 4.35. The minimum absolute atomic E-state index is 0.289. The van der Waals surface area contributed by atoms with Crippen molar-refractivity contribution in [1.82, 2.24) is 4.98 Å². The molecular formula is C7H4Cl3NO. The van der Waals surface area contributed by atoms with Gasteiger partial charge < -0.3 is 0 Å². The molecule has 0 saturated heterocycles. The maximum Gasteiger partial charge on any atom is 0.253 e. The first-order chi connectivity index (χ1) is 5.52. The number of pyridine rings is 1. The second kappa shape index (κ2) is 3.60. The first-order valence-electron chi connectivity index (χ1n) is 3.03. The van der Waals surface area contributed by atoms with Gasteiger partial charge in [-0.15, -0.1) is 0 Å². The van der Waals surface area contributed by atoms with E-state index < -0.39 is 9.58 Å². The summed E-state index contributed by atoms with van der Waals surface area (Å²) in [4.78, 5) is 15.0. The molecule has 0 aliphatic carbocycles. The van der Waals surface area contributed by atoms with Crippen LogP contribution in [0.15, 0.2) is 24.5 Å². The number of hydrogen-bond donors (Lipinski definition) is 0. The number of aromatic nitrogens is 1. The minimum Gasteiger partial charge on any atom is -0.289 e.